The van der Waals surface area contributed by atoms with E-state index in [1.54, 1.807) is 18.4 Å². The number of aliphatic hydroxyl groups excluding tert-OH is 1. The number of nitrogens with zero attached hydrogens (tertiary/aromatic N) is 2. The zero-order valence-electron chi connectivity index (χ0n) is 11.2. The molecule has 0 saturated heterocycles. The lowest BCUT2D eigenvalue weighted by Gasteiger charge is -2.12. The first kappa shape index (κ1) is 13.1. The molecule has 20 heavy (non-hydrogen) atoms. The van der Waals surface area contributed by atoms with E-state index < -0.39 is 6.10 Å². The van der Waals surface area contributed by atoms with Gasteiger partial charge in [0.2, 0.25) is 0 Å². The average molecular weight is 284 g/mol. The smallest absolute Gasteiger partial charge is 0.185 e. The van der Waals surface area contributed by atoms with Gasteiger partial charge in [-0.15, -0.1) is 0 Å². The van der Waals surface area contributed by atoms with Crippen LogP contribution in [0, 0.1) is 0 Å². The molecule has 102 valence electrons. The van der Waals surface area contributed by atoms with Crippen molar-refractivity contribution in [3.05, 3.63) is 65.0 Å². The second-order valence-corrected chi connectivity index (χ2v) is 5.62. The van der Waals surface area contributed by atoms with Crippen molar-refractivity contribution in [3.8, 4) is 0 Å². The molecule has 1 heterocycles. The number of aromatic nitrogens is 1. The van der Waals surface area contributed by atoms with E-state index in [9.17, 15) is 5.11 Å². The van der Waals surface area contributed by atoms with Crippen LogP contribution >= 0.6 is 11.3 Å². The van der Waals surface area contributed by atoms with Crippen molar-refractivity contribution in [3.63, 3.8) is 0 Å². The molecule has 0 spiro atoms. The molecule has 1 atom stereocenters. The van der Waals surface area contributed by atoms with Gasteiger partial charge in [-0.2, -0.15) is 0 Å². The lowest BCUT2D eigenvalue weighted by Crippen LogP contribution is -2.19. The molecule has 0 aliphatic rings. The van der Waals surface area contributed by atoms with Crippen molar-refractivity contribution < 1.29 is 5.11 Å². The van der Waals surface area contributed by atoms with E-state index >= 15 is 0 Å². The molecule has 2 aromatic carbocycles. The molecule has 4 heteroatoms. The normalized spacial score (nSPS) is 13.8. The van der Waals surface area contributed by atoms with E-state index in [2.05, 4.69) is 21.7 Å². The molecule has 0 amide bonds. The number of fused-ring (bicyclic) bond motifs is 1. The Bertz CT molecular complexity index is 774. The fraction of sp³-hybridized carbons (Fsp3) is 0.188. The first-order valence-electron chi connectivity index (χ1n) is 6.54. The molecule has 0 radical (unpaired) electrons. The fourth-order valence-electron chi connectivity index (χ4n) is 2.32. The van der Waals surface area contributed by atoms with Gasteiger partial charge in [0.15, 0.2) is 4.80 Å². The lowest BCUT2D eigenvalue weighted by atomic mass is 10.1. The number of hydrogen-bond acceptors (Lipinski definition) is 3. The Labute approximate surface area is 121 Å². The number of thiazole rings is 1. The Morgan fingerprint density at radius 1 is 1.10 bits per heavy atom. The molecule has 1 N–H and O–H groups in total. The van der Waals surface area contributed by atoms with E-state index in [1.807, 2.05) is 42.5 Å². The predicted octanol–water partition coefficient (Wildman–Crippen LogP) is 2.97. The highest BCUT2D eigenvalue weighted by Gasteiger charge is 2.12. The van der Waals surface area contributed by atoms with E-state index in [-0.39, 0.29) is 0 Å². The number of rotatable bonds is 3. The van der Waals surface area contributed by atoms with Gasteiger partial charge in [0, 0.05) is 7.05 Å². The Balaban J connectivity index is 2.02. The third kappa shape index (κ3) is 2.40. The summed E-state index contributed by atoms with van der Waals surface area (Å²) in [5.41, 5.74) is 2.05. The van der Waals surface area contributed by atoms with Gasteiger partial charge in [0.25, 0.3) is 0 Å². The van der Waals surface area contributed by atoms with Crippen LogP contribution in [0.25, 0.3) is 10.2 Å². The molecule has 0 saturated carbocycles. The molecule has 0 bridgehead atoms. The van der Waals surface area contributed by atoms with Gasteiger partial charge in [-0.05, 0) is 17.7 Å². The van der Waals surface area contributed by atoms with Crippen molar-refractivity contribution in [2.75, 3.05) is 7.05 Å². The Morgan fingerprint density at radius 2 is 1.80 bits per heavy atom. The molecular formula is C16H16N2OS. The molecule has 3 aromatic rings. The third-order valence-electron chi connectivity index (χ3n) is 3.32. The van der Waals surface area contributed by atoms with Crippen LogP contribution in [0.1, 0.15) is 11.7 Å². The van der Waals surface area contributed by atoms with Crippen LogP contribution in [-0.4, -0.2) is 16.7 Å². The zero-order valence-corrected chi connectivity index (χ0v) is 12.0. The van der Waals surface area contributed by atoms with Crippen molar-refractivity contribution in [1.29, 1.82) is 0 Å². The van der Waals surface area contributed by atoms with Gasteiger partial charge in [-0.3, -0.25) is 4.99 Å². The Kier molecular flexibility index (Phi) is 3.67. The first-order chi connectivity index (χ1) is 9.79. The van der Waals surface area contributed by atoms with Gasteiger partial charge in [0.05, 0.1) is 22.9 Å². The molecular weight excluding hydrogens is 268 g/mol. The molecule has 1 unspecified atom stereocenters. The van der Waals surface area contributed by atoms with Crippen LogP contribution in [0.5, 0.6) is 0 Å². The Hall–Kier alpha value is -1.91. The average Bonchev–Trinajstić information content (AvgIpc) is 2.86. The van der Waals surface area contributed by atoms with Gasteiger partial charge in [-0.25, -0.2) is 0 Å². The van der Waals surface area contributed by atoms with Crippen LogP contribution in [0.4, 0.5) is 0 Å². The summed E-state index contributed by atoms with van der Waals surface area (Å²) in [6.07, 6.45) is -0.528. The van der Waals surface area contributed by atoms with E-state index in [0.717, 1.165) is 15.9 Å². The van der Waals surface area contributed by atoms with E-state index in [4.69, 9.17) is 0 Å². The maximum atomic E-state index is 10.4. The molecule has 3 rings (SSSR count). The fourth-order valence-corrected chi connectivity index (χ4v) is 3.32. The van der Waals surface area contributed by atoms with Gasteiger partial charge in [0.1, 0.15) is 0 Å². The summed E-state index contributed by atoms with van der Waals surface area (Å²) in [5.74, 6) is 0. The SMILES string of the molecule is CN=c1sc2ccccc2n1CC(O)c1ccccc1. The minimum absolute atomic E-state index is 0.515. The largest absolute Gasteiger partial charge is 0.387 e. The molecule has 0 fully saturated rings. The highest BCUT2D eigenvalue weighted by molar-refractivity contribution is 7.16. The first-order valence-corrected chi connectivity index (χ1v) is 7.35. The summed E-state index contributed by atoms with van der Waals surface area (Å²) in [4.78, 5) is 5.26. The van der Waals surface area contributed by atoms with Crippen LogP contribution in [0.3, 0.4) is 0 Å². The monoisotopic (exact) mass is 284 g/mol. The quantitative estimate of drug-likeness (QED) is 0.789. The molecule has 1 aromatic heterocycles. The minimum Gasteiger partial charge on any atom is -0.387 e. The van der Waals surface area contributed by atoms with Crippen molar-refractivity contribution in [2.45, 2.75) is 12.6 Å². The molecule has 0 aliphatic carbocycles. The Morgan fingerprint density at radius 3 is 2.55 bits per heavy atom. The molecule has 0 aliphatic heterocycles. The zero-order chi connectivity index (χ0) is 13.9. The number of hydrogen-bond donors (Lipinski definition) is 1. The van der Waals surface area contributed by atoms with Crippen LogP contribution < -0.4 is 4.80 Å². The van der Waals surface area contributed by atoms with Crippen LogP contribution in [0.15, 0.2) is 59.6 Å². The van der Waals surface area contributed by atoms with Crippen molar-refractivity contribution in [2.24, 2.45) is 4.99 Å². The summed E-state index contributed by atoms with van der Waals surface area (Å²) < 4.78 is 3.27. The van der Waals surface area contributed by atoms with Crippen LogP contribution in [-0.2, 0) is 6.54 Å². The number of benzene rings is 2. The van der Waals surface area contributed by atoms with E-state index in [1.165, 1.54) is 4.70 Å². The number of aliphatic hydroxyl groups is 1. The van der Waals surface area contributed by atoms with Gasteiger partial charge < -0.3 is 9.67 Å². The summed E-state index contributed by atoms with van der Waals surface area (Å²) >= 11 is 1.65. The second-order valence-electron chi connectivity index (χ2n) is 4.61. The number of para-hydroxylation sites is 1. The van der Waals surface area contributed by atoms with Crippen molar-refractivity contribution >= 4 is 21.6 Å². The van der Waals surface area contributed by atoms with Gasteiger partial charge in [-0.1, -0.05) is 53.8 Å². The van der Waals surface area contributed by atoms with Crippen LogP contribution in [0.2, 0.25) is 0 Å². The predicted molar refractivity (Wildman–Crippen MR) is 82.7 cm³/mol. The highest BCUT2D eigenvalue weighted by atomic mass is 32.1. The second kappa shape index (κ2) is 5.61. The third-order valence-corrected chi connectivity index (χ3v) is 4.47. The molecule has 3 nitrogen and oxygen atoms in total. The van der Waals surface area contributed by atoms with Crippen molar-refractivity contribution in [1.82, 2.24) is 4.57 Å². The standard InChI is InChI=1S/C16H16N2OS/c1-17-16-18(13-9-5-6-10-15(13)20-16)11-14(19)12-7-3-2-4-8-12/h2-10,14,19H,11H2,1H3. The maximum absolute atomic E-state index is 10.4. The summed E-state index contributed by atoms with van der Waals surface area (Å²) in [6, 6.07) is 17.9. The summed E-state index contributed by atoms with van der Waals surface area (Å²) in [6.45, 7) is 0.515. The summed E-state index contributed by atoms with van der Waals surface area (Å²) in [5, 5.41) is 10.4. The topological polar surface area (TPSA) is 37.5 Å². The van der Waals surface area contributed by atoms with Gasteiger partial charge >= 0.3 is 0 Å². The lowest BCUT2D eigenvalue weighted by molar-refractivity contribution is 0.157. The maximum Gasteiger partial charge on any atom is 0.185 e. The highest BCUT2D eigenvalue weighted by Crippen LogP contribution is 2.20. The minimum atomic E-state index is -0.528. The summed E-state index contributed by atoms with van der Waals surface area (Å²) in [7, 11) is 1.79. The van der Waals surface area contributed by atoms with E-state index in [0.29, 0.717) is 6.54 Å².